The third-order valence-corrected chi connectivity index (χ3v) is 8.80. The van der Waals surface area contributed by atoms with Gasteiger partial charge < -0.3 is 24.4 Å². The van der Waals surface area contributed by atoms with E-state index in [2.05, 4.69) is 34.5 Å². The van der Waals surface area contributed by atoms with E-state index in [-0.39, 0.29) is 23.8 Å². The molecule has 0 bridgehead atoms. The second-order valence-corrected chi connectivity index (χ2v) is 11.6. The Balaban J connectivity index is 1.49. The Morgan fingerprint density at radius 3 is 2.38 bits per heavy atom. The number of para-hydroxylation sites is 1. The van der Waals surface area contributed by atoms with Crippen LogP contribution >= 0.6 is 0 Å². The molecule has 0 amide bonds. The number of hydrogen-bond donors (Lipinski definition) is 1. The van der Waals surface area contributed by atoms with Crippen LogP contribution in [0.15, 0.2) is 83.2 Å². The summed E-state index contributed by atoms with van der Waals surface area (Å²) in [6, 6.07) is 20.3. The molecule has 2 aliphatic heterocycles. The number of ketones is 1. The molecule has 0 spiro atoms. The number of Topliss-reactive ketones (excluding diaryl/α,β-unsaturated/α-hetero) is 1. The van der Waals surface area contributed by atoms with Gasteiger partial charge in [0.15, 0.2) is 5.78 Å². The molecule has 42 heavy (non-hydrogen) atoms. The van der Waals surface area contributed by atoms with E-state index in [9.17, 15) is 9.59 Å². The molecular formula is C35H38N2O5. The first-order chi connectivity index (χ1) is 20.4. The molecule has 7 nitrogen and oxygen atoms in total. The van der Waals surface area contributed by atoms with Crippen molar-refractivity contribution in [3.8, 4) is 5.75 Å². The van der Waals surface area contributed by atoms with Crippen LogP contribution in [0.3, 0.4) is 0 Å². The minimum absolute atomic E-state index is 0.0306. The quantitative estimate of drug-likeness (QED) is 0.367. The lowest BCUT2D eigenvalue weighted by molar-refractivity contribution is -0.148. The summed E-state index contributed by atoms with van der Waals surface area (Å²) in [5.74, 6) is -0.124. The molecule has 3 aromatic rings. The Hall–Kier alpha value is -4.10. The first-order valence-corrected chi connectivity index (χ1v) is 14.7. The number of anilines is 1. The van der Waals surface area contributed by atoms with Crippen LogP contribution in [0.1, 0.15) is 55.6 Å². The van der Waals surface area contributed by atoms with Gasteiger partial charge in [-0.3, -0.25) is 4.79 Å². The number of allylic oxidation sites excluding steroid dienone is 3. The number of rotatable bonds is 6. The Labute approximate surface area is 247 Å². The van der Waals surface area contributed by atoms with Gasteiger partial charge in [-0.1, -0.05) is 48.5 Å². The van der Waals surface area contributed by atoms with Crippen molar-refractivity contribution in [1.29, 1.82) is 0 Å². The van der Waals surface area contributed by atoms with Gasteiger partial charge in [0.1, 0.15) is 11.9 Å². The van der Waals surface area contributed by atoms with E-state index in [1.807, 2.05) is 57.4 Å². The van der Waals surface area contributed by atoms with Crippen molar-refractivity contribution in [2.45, 2.75) is 50.5 Å². The lowest BCUT2D eigenvalue weighted by atomic mass is 9.71. The van der Waals surface area contributed by atoms with Gasteiger partial charge in [0, 0.05) is 73.2 Å². The minimum atomic E-state index is -0.541. The molecule has 1 N–H and O–H groups in total. The highest BCUT2D eigenvalue weighted by Gasteiger charge is 2.43. The third-order valence-electron chi connectivity index (χ3n) is 8.80. The number of carbonyl (C=O) groups is 2. The van der Waals surface area contributed by atoms with Crippen molar-refractivity contribution in [3.63, 3.8) is 0 Å². The molecule has 0 radical (unpaired) electrons. The van der Waals surface area contributed by atoms with Gasteiger partial charge in [-0.15, -0.1) is 0 Å². The Morgan fingerprint density at radius 1 is 0.929 bits per heavy atom. The molecule has 1 fully saturated rings. The van der Waals surface area contributed by atoms with Gasteiger partial charge in [0.2, 0.25) is 0 Å². The summed E-state index contributed by atoms with van der Waals surface area (Å²) in [4.78, 5) is 30.3. The molecule has 0 aromatic heterocycles. The first kappa shape index (κ1) is 28.0. The van der Waals surface area contributed by atoms with Crippen molar-refractivity contribution in [2.75, 3.05) is 39.3 Å². The number of hydrogen-bond acceptors (Lipinski definition) is 7. The van der Waals surface area contributed by atoms with E-state index >= 15 is 0 Å². The fraction of sp³-hybridized carbons (Fsp3) is 0.371. The first-order valence-electron chi connectivity index (χ1n) is 14.7. The number of benzene rings is 3. The van der Waals surface area contributed by atoms with E-state index in [0.717, 1.165) is 44.7 Å². The Kier molecular flexibility index (Phi) is 7.78. The average molecular weight is 567 g/mol. The lowest BCUT2D eigenvalue weighted by Gasteiger charge is -2.38. The molecule has 1 saturated heterocycles. The van der Waals surface area contributed by atoms with Crippen LogP contribution in [0.4, 0.5) is 5.69 Å². The van der Waals surface area contributed by atoms with Crippen molar-refractivity contribution < 1.29 is 23.8 Å². The van der Waals surface area contributed by atoms with E-state index in [0.29, 0.717) is 50.0 Å². The summed E-state index contributed by atoms with van der Waals surface area (Å²) in [6.45, 7) is 3.07. The highest BCUT2D eigenvalue weighted by molar-refractivity contribution is 6.06. The number of nitrogens with zero attached hydrogens (tertiary/aromatic N) is 1. The van der Waals surface area contributed by atoms with Gasteiger partial charge in [0.05, 0.1) is 25.9 Å². The highest BCUT2D eigenvalue weighted by Crippen LogP contribution is 2.49. The second-order valence-electron chi connectivity index (χ2n) is 11.6. The van der Waals surface area contributed by atoms with Crippen LogP contribution in [0, 0.1) is 0 Å². The van der Waals surface area contributed by atoms with E-state index < -0.39 is 5.92 Å². The van der Waals surface area contributed by atoms with E-state index in [1.54, 1.807) is 7.11 Å². The van der Waals surface area contributed by atoms with Crippen LogP contribution in [0.2, 0.25) is 0 Å². The van der Waals surface area contributed by atoms with Crippen LogP contribution in [0.25, 0.3) is 10.8 Å². The standard InChI is InChI=1S/C35H38N2O5/c1-21-32(35(39)42-23-15-17-41-18-16-23)33(27-13-14-29(37(2)3)26-11-6-5-10-25(26)27)34-28(36-21)19-22(20-30(34)38)24-9-7-8-12-31(24)40-4/h5-14,22-23,33,36H,15-20H2,1-4H3/t22-,33-/m1/s1. The number of esters is 1. The predicted octanol–water partition coefficient (Wildman–Crippen LogP) is 6.00. The lowest BCUT2D eigenvalue weighted by Crippen LogP contribution is -2.37. The van der Waals surface area contributed by atoms with Gasteiger partial charge >= 0.3 is 5.97 Å². The van der Waals surface area contributed by atoms with Crippen molar-refractivity contribution in [1.82, 2.24) is 5.32 Å². The number of methoxy groups -OCH3 is 1. The zero-order chi connectivity index (χ0) is 29.4. The molecule has 3 aliphatic rings. The summed E-state index contributed by atoms with van der Waals surface area (Å²) in [6.07, 6.45) is 2.12. The SMILES string of the molecule is COc1ccccc1[C@H]1CC(=O)C2=C(C1)NC(C)=C(C(=O)OC1CCOCC1)[C@H]2c1ccc(N(C)C)c2ccccc12. The van der Waals surface area contributed by atoms with Crippen LogP contribution < -0.4 is 15.0 Å². The molecule has 1 aliphatic carbocycles. The average Bonchev–Trinajstić information content (AvgIpc) is 3.00. The maximum atomic E-state index is 14.2. The van der Waals surface area contributed by atoms with Gasteiger partial charge in [-0.05, 0) is 42.0 Å². The summed E-state index contributed by atoms with van der Waals surface area (Å²) in [5, 5.41) is 5.59. The van der Waals surface area contributed by atoms with Crippen LogP contribution in [0.5, 0.6) is 5.75 Å². The molecule has 0 saturated carbocycles. The van der Waals surface area contributed by atoms with Crippen molar-refractivity contribution >= 4 is 28.2 Å². The molecule has 6 rings (SSSR count). The fourth-order valence-electron chi connectivity index (χ4n) is 6.80. The molecule has 0 unspecified atom stereocenters. The highest BCUT2D eigenvalue weighted by atomic mass is 16.6. The molecule has 2 heterocycles. The minimum Gasteiger partial charge on any atom is -0.496 e. The van der Waals surface area contributed by atoms with E-state index in [4.69, 9.17) is 14.2 Å². The van der Waals surface area contributed by atoms with Crippen LogP contribution in [-0.4, -0.2) is 52.3 Å². The number of nitrogens with one attached hydrogen (secondary N) is 1. The summed E-state index contributed by atoms with van der Waals surface area (Å²) in [5.41, 5.74) is 5.80. The van der Waals surface area contributed by atoms with Gasteiger partial charge in [-0.2, -0.15) is 0 Å². The maximum Gasteiger partial charge on any atom is 0.337 e. The Morgan fingerprint density at radius 2 is 1.64 bits per heavy atom. The van der Waals surface area contributed by atoms with Crippen LogP contribution in [-0.2, 0) is 19.1 Å². The normalized spacial score (nSPS) is 21.2. The van der Waals surface area contributed by atoms with Crippen molar-refractivity contribution in [2.24, 2.45) is 0 Å². The predicted molar refractivity (Wildman–Crippen MR) is 164 cm³/mol. The molecular weight excluding hydrogens is 528 g/mol. The van der Waals surface area contributed by atoms with Gasteiger partial charge in [0.25, 0.3) is 0 Å². The molecule has 7 heteroatoms. The number of dihydropyridines is 1. The maximum absolute atomic E-state index is 14.2. The second kappa shape index (κ2) is 11.6. The smallest absolute Gasteiger partial charge is 0.337 e. The zero-order valence-electron chi connectivity index (χ0n) is 24.7. The molecule has 3 aromatic carbocycles. The van der Waals surface area contributed by atoms with Crippen molar-refractivity contribution in [3.05, 3.63) is 94.3 Å². The summed E-state index contributed by atoms with van der Waals surface area (Å²) in [7, 11) is 5.71. The fourth-order valence-corrected chi connectivity index (χ4v) is 6.80. The summed E-state index contributed by atoms with van der Waals surface area (Å²) >= 11 is 0. The number of carbonyl (C=O) groups excluding carboxylic acids is 2. The number of fused-ring (bicyclic) bond motifs is 1. The number of ether oxygens (including phenoxy) is 3. The molecule has 218 valence electrons. The third kappa shape index (κ3) is 5.07. The largest absolute Gasteiger partial charge is 0.496 e. The zero-order valence-corrected chi connectivity index (χ0v) is 24.7. The van der Waals surface area contributed by atoms with Gasteiger partial charge in [-0.25, -0.2) is 4.79 Å². The molecule has 2 atom stereocenters. The Bertz CT molecular complexity index is 1600. The monoisotopic (exact) mass is 566 g/mol. The topological polar surface area (TPSA) is 77.1 Å². The summed E-state index contributed by atoms with van der Waals surface area (Å²) < 4.78 is 17.2. The van der Waals surface area contributed by atoms with E-state index in [1.165, 1.54) is 0 Å².